The molecule has 0 aliphatic carbocycles. The minimum absolute atomic E-state index is 0.400. The molecule has 2 rings (SSSR count). The molecule has 0 spiro atoms. The van der Waals surface area contributed by atoms with Crippen LogP contribution in [-0.4, -0.2) is 19.2 Å². The van der Waals surface area contributed by atoms with Crippen LogP contribution in [0.15, 0.2) is 37.1 Å². The van der Waals surface area contributed by atoms with Crippen LogP contribution < -0.4 is 0 Å². The molecule has 0 aromatic carbocycles. The van der Waals surface area contributed by atoms with Crippen molar-refractivity contribution in [2.24, 2.45) is 0 Å². The van der Waals surface area contributed by atoms with Crippen molar-refractivity contribution in [3.63, 3.8) is 0 Å². The normalized spacial score (nSPS) is 12.9. The van der Waals surface area contributed by atoms with E-state index < -0.39 is 6.10 Å². The molecule has 1 unspecified atom stereocenters. The molecule has 0 fully saturated rings. The summed E-state index contributed by atoms with van der Waals surface area (Å²) in [6.45, 7) is 3.67. The lowest BCUT2D eigenvalue weighted by Gasteiger charge is -2.11. The zero-order chi connectivity index (χ0) is 11.4. The standard InChI is InChI=1S/C12H17N3O/c1-11(16)12-4-2-7-15(12)8-3-6-14-9-5-13-10-14/h2,4-5,7,9-11,16H,3,6,8H2,1H3. The van der Waals surface area contributed by atoms with Crippen LogP contribution in [-0.2, 0) is 13.1 Å². The Morgan fingerprint density at radius 1 is 1.38 bits per heavy atom. The van der Waals surface area contributed by atoms with E-state index in [1.54, 1.807) is 13.1 Å². The third-order valence-electron chi connectivity index (χ3n) is 2.67. The van der Waals surface area contributed by atoms with E-state index in [1.165, 1.54) is 0 Å². The van der Waals surface area contributed by atoms with Gasteiger partial charge >= 0.3 is 0 Å². The first-order valence-electron chi connectivity index (χ1n) is 5.56. The largest absolute Gasteiger partial charge is 0.387 e. The Morgan fingerprint density at radius 3 is 2.94 bits per heavy atom. The molecule has 2 heterocycles. The Labute approximate surface area is 95.2 Å². The van der Waals surface area contributed by atoms with Crippen molar-refractivity contribution in [2.75, 3.05) is 0 Å². The molecular formula is C12H17N3O. The summed E-state index contributed by atoms with van der Waals surface area (Å²) in [5.74, 6) is 0. The molecular weight excluding hydrogens is 202 g/mol. The summed E-state index contributed by atoms with van der Waals surface area (Å²) in [5, 5.41) is 9.54. The van der Waals surface area contributed by atoms with Crippen LogP contribution >= 0.6 is 0 Å². The fraction of sp³-hybridized carbons (Fsp3) is 0.417. The van der Waals surface area contributed by atoms with Crippen molar-refractivity contribution in [3.05, 3.63) is 42.7 Å². The lowest BCUT2D eigenvalue weighted by Crippen LogP contribution is -2.07. The maximum Gasteiger partial charge on any atom is 0.0945 e. The summed E-state index contributed by atoms with van der Waals surface area (Å²) in [4.78, 5) is 4.00. The van der Waals surface area contributed by atoms with Gasteiger partial charge in [-0.2, -0.15) is 0 Å². The van der Waals surface area contributed by atoms with E-state index in [-0.39, 0.29) is 0 Å². The highest BCUT2D eigenvalue weighted by atomic mass is 16.3. The molecule has 0 saturated carbocycles. The van der Waals surface area contributed by atoms with Crippen molar-refractivity contribution >= 4 is 0 Å². The second kappa shape index (κ2) is 4.99. The molecule has 0 aliphatic rings. The van der Waals surface area contributed by atoms with Crippen molar-refractivity contribution in [1.29, 1.82) is 0 Å². The van der Waals surface area contributed by atoms with Crippen molar-refractivity contribution in [1.82, 2.24) is 14.1 Å². The van der Waals surface area contributed by atoms with E-state index in [1.807, 2.05) is 30.9 Å². The van der Waals surface area contributed by atoms with E-state index in [2.05, 4.69) is 14.1 Å². The predicted octanol–water partition coefficient (Wildman–Crippen LogP) is 1.83. The van der Waals surface area contributed by atoms with Crippen LogP contribution in [0.5, 0.6) is 0 Å². The Morgan fingerprint density at radius 2 is 2.25 bits per heavy atom. The lowest BCUT2D eigenvalue weighted by atomic mass is 10.3. The van der Waals surface area contributed by atoms with Gasteiger partial charge in [0.15, 0.2) is 0 Å². The molecule has 2 aromatic rings. The van der Waals surface area contributed by atoms with Gasteiger partial charge in [0.1, 0.15) is 0 Å². The Hall–Kier alpha value is -1.55. The zero-order valence-electron chi connectivity index (χ0n) is 9.45. The fourth-order valence-corrected chi connectivity index (χ4v) is 1.85. The fourth-order valence-electron chi connectivity index (χ4n) is 1.85. The van der Waals surface area contributed by atoms with E-state index in [0.717, 1.165) is 25.2 Å². The van der Waals surface area contributed by atoms with Gasteiger partial charge in [-0.3, -0.25) is 0 Å². The maximum absolute atomic E-state index is 9.54. The zero-order valence-corrected chi connectivity index (χ0v) is 9.45. The van der Waals surface area contributed by atoms with Crippen molar-refractivity contribution in [2.45, 2.75) is 32.5 Å². The molecule has 0 aliphatic heterocycles. The van der Waals surface area contributed by atoms with Gasteiger partial charge in [-0.15, -0.1) is 0 Å². The number of hydrogen-bond donors (Lipinski definition) is 1. The average molecular weight is 219 g/mol. The number of aryl methyl sites for hydroxylation is 2. The molecule has 86 valence electrons. The van der Waals surface area contributed by atoms with Gasteiger partial charge in [0.25, 0.3) is 0 Å². The monoisotopic (exact) mass is 219 g/mol. The van der Waals surface area contributed by atoms with Crippen LogP contribution in [0.2, 0.25) is 0 Å². The maximum atomic E-state index is 9.54. The molecule has 1 N–H and O–H groups in total. The summed E-state index contributed by atoms with van der Waals surface area (Å²) in [6, 6.07) is 3.93. The van der Waals surface area contributed by atoms with Crippen LogP contribution in [0, 0.1) is 0 Å². The Bertz CT molecular complexity index is 417. The highest BCUT2D eigenvalue weighted by Crippen LogP contribution is 2.13. The van der Waals surface area contributed by atoms with Crippen LogP contribution in [0.4, 0.5) is 0 Å². The average Bonchev–Trinajstić information content (AvgIpc) is 2.87. The molecule has 0 radical (unpaired) electrons. The van der Waals surface area contributed by atoms with E-state index in [9.17, 15) is 5.11 Å². The van der Waals surface area contributed by atoms with Gasteiger partial charge in [-0.05, 0) is 25.5 Å². The number of aliphatic hydroxyl groups is 1. The second-order valence-electron chi connectivity index (χ2n) is 3.96. The first-order valence-corrected chi connectivity index (χ1v) is 5.56. The SMILES string of the molecule is CC(O)c1cccn1CCCn1ccnc1. The molecule has 0 amide bonds. The number of nitrogens with zero attached hydrogens (tertiary/aromatic N) is 3. The van der Waals surface area contributed by atoms with Gasteiger partial charge in [-0.25, -0.2) is 4.98 Å². The third kappa shape index (κ3) is 2.52. The summed E-state index contributed by atoms with van der Waals surface area (Å²) in [5.41, 5.74) is 0.977. The summed E-state index contributed by atoms with van der Waals surface area (Å²) >= 11 is 0. The topological polar surface area (TPSA) is 43.0 Å². The Kier molecular flexibility index (Phi) is 3.41. The van der Waals surface area contributed by atoms with Crippen LogP contribution in [0.3, 0.4) is 0 Å². The van der Waals surface area contributed by atoms with Crippen molar-refractivity contribution < 1.29 is 5.11 Å². The first-order chi connectivity index (χ1) is 7.77. The van der Waals surface area contributed by atoms with E-state index in [4.69, 9.17) is 0 Å². The lowest BCUT2D eigenvalue weighted by molar-refractivity contribution is 0.188. The molecule has 0 bridgehead atoms. The number of aliphatic hydroxyl groups excluding tert-OH is 1. The number of imidazole rings is 1. The van der Waals surface area contributed by atoms with Crippen LogP contribution in [0.1, 0.15) is 25.1 Å². The second-order valence-corrected chi connectivity index (χ2v) is 3.96. The van der Waals surface area contributed by atoms with Crippen LogP contribution in [0.25, 0.3) is 0 Å². The quantitative estimate of drug-likeness (QED) is 0.833. The molecule has 16 heavy (non-hydrogen) atoms. The van der Waals surface area contributed by atoms with E-state index >= 15 is 0 Å². The summed E-state index contributed by atoms with van der Waals surface area (Å²) in [7, 11) is 0. The molecule has 4 heteroatoms. The first kappa shape index (κ1) is 11.0. The van der Waals surface area contributed by atoms with Gasteiger partial charge in [0.05, 0.1) is 12.4 Å². The highest BCUT2D eigenvalue weighted by molar-refractivity contribution is 5.09. The summed E-state index contributed by atoms with van der Waals surface area (Å²) < 4.78 is 4.16. The molecule has 0 saturated heterocycles. The number of rotatable bonds is 5. The minimum atomic E-state index is -0.400. The molecule has 1 atom stereocenters. The molecule has 4 nitrogen and oxygen atoms in total. The molecule has 2 aromatic heterocycles. The Balaban J connectivity index is 1.87. The highest BCUT2D eigenvalue weighted by Gasteiger charge is 2.05. The van der Waals surface area contributed by atoms with Gasteiger partial charge in [-0.1, -0.05) is 0 Å². The third-order valence-corrected chi connectivity index (χ3v) is 2.67. The van der Waals surface area contributed by atoms with Gasteiger partial charge < -0.3 is 14.2 Å². The number of aromatic nitrogens is 3. The number of hydrogen-bond acceptors (Lipinski definition) is 2. The predicted molar refractivity (Wildman–Crippen MR) is 61.9 cm³/mol. The summed E-state index contributed by atoms with van der Waals surface area (Å²) in [6.07, 6.45) is 8.22. The van der Waals surface area contributed by atoms with E-state index in [0.29, 0.717) is 0 Å². The van der Waals surface area contributed by atoms with Gasteiger partial charge in [0.2, 0.25) is 0 Å². The smallest absolute Gasteiger partial charge is 0.0945 e. The van der Waals surface area contributed by atoms with Crippen molar-refractivity contribution in [3.8, 4) is 0 Å². The van der Waals surface area contributed by atoms with Gasteiger partial charge in [0, 0.05) is 37.4 Å². The minimum Gasteiger partial charge on any atom is -0.387 e.